The van der Waals surface area contributed by atoms with Crippen LogP contribution in [0.1, 0.15) is 18.5 Å². The van der Waals surface area contributed by atoms with Crippen LogP contribution in [0.4, 0.5) is 5.69 Å². The molecule has 2 aromatic rings. The zero-order valence-corrected chi connectivity index (χ0v) is 13.1. The Balaban J connectivity index is 2.25. The summed E-state index contributed by atoms with van der Waals surface area (Å²) in [4.78, 5) is 4.11. The van der Waals surface area contributed by atoms with Crippen LogP contribution in [0, 0.1) is 0 Å². The number of benzene rings is 1. The number of hydrogen-bond acceptors (Lipinski definition) is 4. The van der Waals surface area contributed by atoms with E-state index >= 15 is 0 Å². The first kappa shape index (κ1) is 15.0. The molecule has 0 spiro atoms. The quantitative estimate of drug-likeness (QED) is 0.825. The summed E-state index contributed by atoms with van der Waals surface area (Å²) in [6.45, 7) is 1.76. The van der Waals surface area contributed by atoms with Gasteiger partial charge in [-0.05, 0) is 52.7 Å². The molecule has 3 N–H and O–H groups in total. The highest BCUT2D eigenvalue weighted by Crippen LogP contribution is 2.23. The van der Waals surface area contributed by atoms with E-state index in [1.165, 1.54) is 12.1 Å². The number of nitrogens with two attached hydrogens (primary N) is 1. The van der Waals surface area contributed by atoms with Crippen molar-refractivity contribution in [1.29, 1.82) is 0 Å². The molecule has 2 rings (SSSR count). The van der Waals surface area contributed by atoms with Crippen molar-refractivity contribution >= 4 is 31.6 Å². The summed E-state index contributed by atoms with van der Waals surface area (Å²) in [5.74, 6) is 0. The van der Waals surface area contributed by atoms with Gasteiger partial charge >= 0.3 is 0 Å². The minimum atomic E-state index is -3.63. The monoisotopic (exact) mass is 355 g/mol. The van der Waals surface area contributed by atoms with E-state index in [4.69, 9.17) is 5.73 Å². The van der Waals surface area contributed by atoms with Gasteiger partial charge in [0.15, 0.2) is 0 Å². The molecule has 0 amide bonds. The smallest absolute Gasteiger partial charge is 0.241 e. The zero-order chi connectivity index (χ0) is 14.8. The number of halogens is 1. The number of nitrogen functional groups attached to an aromatic ring is 1. The standard InChI is InChI=1S/C13H14BrN3O2S/c1-9(10-3-2-6-16-8-10)17-20(18,19)11-4-5-12(14)13(15)7-11/h2-9,17H,15H2,1H3. The minimum absolute atomic E-state index is 0.133. The van der Waals surface area contributed by atoms with Crippen molar-refractivity contribution in [3.05, 3.63) is 52.8 Å². The SMILES string of the molecule is CC(NS(=O)(=O)c1ccc(Br)c(N)c1)c1cccnc1. The van der Waals surface area contributed by atoms with Gasteiger partial charge in [-0.1, -0.05) is 6.07 Å². The van der Waals surface area contributed by atoms with E-state index in [0.717, 1.165) is 5.56 Å². The Labute approximate surface area is 126 Å². The fourth-order valence-electron chi connectivity index (χ4n) is 1.69. The molecule has 20 heavy (non-hydrogen) atoms. The summed E-state index contributed by atoms with van der Waals surface area (Å²) in [7, 11) is -3.63. The summed E-state index contributed by atoms with van der Waals surface area (Å²) in [6, 6.07) is 7.73. The highest BCUT2D eigenvalue weighted by molar-refractivity contribution is 9.10. The van der Waals surface area contributed by atoms with Gasteiger partial charge in [-0.25, -0.2) is 13.1 Å². The molecule has 0 aliphatic heterocycles. The molecule has 7 heteroatoms. The van der Waals surface area contributed by atoms with Gasteiger partial charge in [-0.2, -0.15) is 0 Å². The lowest BCUT2D eigenvalue weighted by Gasteiger charge is -2.14. The number of rotatable bonds is 4. The van der Waals surface area contributed by atoms with E-state index in [-0.39, 0.29) is 10.9 Å². The number of aromatic nitrogens is 1. The van der Waals surface area contributed by atoms with Gasteiger partial charge in [0.2, 0.25) is 10.0 Å². The van der Waals surface area contributed by atoms with E-state index in [2.05, 4.69) is 25.6 Å². The van der Waals surface area contributed by atoms with Gasteiger partial charge in [0.05, 0.1) is 4.90 Å². The third-order valence-electron chi connectivity index (χ3n) is 2.79. The Morgan fingerprint density at radius 2 is 2.10 bits per heavy atom. The lowest BCUT2D eigenvalue weighted by molar-refractivity contribution is 0.566. The molecule has 1 aromatic carbocycles. The number of nitrogens with zero attached hydrogens (tertiary/aromatic N) is 1. The molecular formula is C13H14BrN3O2S. The molecule has 1 unspecified atom stereocenters. The van der Waals surface area contributed by atoms with Crippen molar-refractivity contribution in [2.45, 2.75) is 17.9 Å². The topological polar surface area (TPSA) is 85.1 Å². The highest BCUT2D eigenvalue weighted by Gasteiger charge is 2.19. The van der Waals surface area contributed by atoms with Crippen LogP contribution in [0.5, 0.6) is 0 Å². The normalized spacial score (nSPS) is 13.1. The first-order chi connectivity index (χ1) is 9.40. The Morgan fingerprint density at radius 3 is 2.70 bits per heavy atom. The maximum atomic E-state index is 12.3. The molecular weight excluding hydrogens is 342 g/mol. The van der Waals surface area contributed by atoms with Crippen LogP contribution in [0.15, 0.2) is 52.1 Å². The Hall–Kier alpha value is -1.44. The maximum Gasteiger partial charge on any atom is 0.241 e. The average molecular weight is 356 g/mol. The second kappa shape index (κ2) is 5.90. The molecule has 0 bridgehead atoms. The zero-order valence-electron chi connectivity index (χ0n) is 10.7. The molecule has 0 radical (unpaired) electrons. The van der Waals surface area contributed by atoms with E-state index < -0.39 is 10.0 Å². The van der Waals surface area contributed by atoms with Gasteiger partial charge in [-0.3, -0.25) is 4.98 Å². The van der Waals surface area contributed by atoms with Gasteiger partial charge in [-0.15, -0.1) is 0 Å². The maximum absolute atomic E-state index is 12.3. The van der Waals surface area contributed by atoms with Crippen LogP contribution in [0.25, 0.3) is 0 Å². The fourth-order valence-corrected chi connectivity index (χ4v) is 3.20. The molecule has 0 saturated carbocycles. The molecule has 0 aliphatic rings. The second-order valence-corrected chi connectivity index (χ2v) is 6.88. The first-order valence-electron chi connectivity index (χ1n) is 5.87. The Kier molecular flexibility index (Phi) is 4.42. The van der Waals surface area contributed by atoms with Gasteiger partial charge in [0.25, 0.3) is 0 Å². The Morgan fingerprint density at radius 1 is 1.35 bits per heavy atom. The second-order valence-electron chi connectivity index (χ2n) is 4.31. The first-order valence-corrected chi connectivity index (χ1v) is 8.15. The molecule has 1 heterocycles. The lowest BCUT2D eigenvalue weighted by atomic mass is 10.2. The van der Waals surface area contributed by atoms with Crippen LogP contribution in [0.2, 0.25) is 0 Å². The van der Waals surface area contributed by atoms with Crippen molar-refractivity contribution in [3.63, 3.8) is 0 Å². The largest absolute Gasteiger partial charge is 0.398 e. The number of sulfonamides is 1. The van der Waals surface area contributed by atoms with E-state index in [1.54, 1.807) is 31.5 Å². The van der Waals surface area contributed by atoms with Crippen molar-refractivity contribution in [2.24, 2.45) is 0 Å². The number of nitrogens with one attached hydrogen (secondary N) is 1. The van der Waals surface area contributed by atoms with Gasteiger partial charge in [0.1, 0.15) is 0 Å². The van der Waals surface area contributed by atoms with Crippen molar-refractivity contribution in [3.8, 4) is 0 Å². The predicted molar refractivity (Wildman–Crippen MR) is 81.5 cm³/mol. The van der Waals surface area contributed by atoms with E-state index in [0.29, 0.717) is 10.2 Å². The van der Waals surface area contributed by atoms with Crippen LogP contribution < -0.4 is 10.5 Å². The van der Waals surface area contributed by atoms with Crippen LogP contribution in [-0.4, -0.2) is 13.4 Å². The third-order valence-corrected chi connectivity index (χ3v) is 5.05. The molecule has 0 saturated heterocycles. The van der Waals surface area contributed by atoms with Crippen LogP contribution >= 0.6 is 15.9 Å². The lowest BCUT2D eigenvalue weighted by Crippen LogP contribution is -2.27. The summed E-state index contributed by atoms with van der Waals surface area (Å²) < 4.78 is 27.8. The predicted octanol–water partition coefficient (Wildman–Crippen LogP) is 2.47. The van der Waals surface area contributed by atoms with E-state index in [9.17, 15) is 8.42 Å². The molecule has 5 nitrogen and oxygen atoms in total. The number of anilines is 1. The van der Waals surface area contributed by atoms with Crippen molar-refractivity contribution in [1.82, 2.24) is 9.71 Å². The minimum Gasteiger partial charge on any atom is -0.398 e. The highest BCUT2D eigenvalue weighted by atomic mass is 79.9. The van der Waals surface area contributed by atoms with Crippen molar-refractivity contribution in [2.75, 3.05) is 5.73 Å². The van der Waals surface area contributed by atoms with Gasteiger partial charge in [0, 0.05) is 28.6 Å². The molecule has 1 aromatic heterocycles. The molecule has 1 atom stereocenters. The fraction of sp³-hybridized carbons (Fsp3) is 0.154. The van der Waals surface area contributed by atoms with Crippen LogP contribution in [0.3, 0.4) is 0 Å². The van der Waals surface area contributed by atoms with E-state index in [1.807, 2.05) is 6.07 Å². The van der Waals surface area contributed by atoms with Crippen molar-refractivity contribution < 1.29 is 8.42 Å². The summed E-state index contributed by atoms with van der Waals surface area (Å²) in [5.41, 5.74) is 6.88. The van der Waals surface area contributed by atoms with Gasteiger partial charge < -0.3 is 5.73 Å². The molecule has 0 aliphatic carbocycles. The molecule has 106 valence electrons. The number of hydrogen-bond donors (Lipinski definition) is 2. The Bertz CT molecular complexity index is 705. The summed E-state index contributed by atoms with van der Waals surface area (Å²) in [5, 5.41) is 0. The number of pyridine rings is 1. The third kappa shape index (κ3) is 3.36. The summed E-state index contributed by atoms with van der Waals surface area (Å²) >= 11 is 3.24. The average Bonchev–Trinajstić information content (AvgIpc) is 2.42. The summed E-state index contributed by atoms with van der Waals surface area (Å²) in [6.07, 6.45) is 3.27. The molecule has 0 fully saturated rings. The van der Waals surface area contributed by atoms with Crippen LogP contribution in [-0.2, 0) is 10.0 Å².